The van der Waals surface area contributed by atoms with Crippen molar-refractivity contribution in [2.45, 2.75) is 13.5 Å². The van der Waals surface area contributed by atoms with Crippen molar-refractivity contribution >= 4 is 11.6 Å². The Hall–Kier alpha value is -2.29. The Labute approximate surface area is 113 Å². The maximum absolute atomic E-state index is 11.4. The summed E-state index contributed by atoms with van der Waals surface area (Å²) in [6.45, 7) is 2.89. The molecule has 0 heterocycles. The summed E-state index contributed by atoms with van der Waals surface area (Å²) >= 11 is 0. The smallest absolute Gasteiger partial charge is 0.251 e. The Bertz CT molecular complexity index is 561. The van der Waals surface area contributed by atoms with Crippen molar-refractivity contribution in [2.75, 3.05) is 12.4 Å². The molecule has 0 aromatic heterocycles. The Kier molecular flexibility index (Phi) is 4.18. The van der Waals surface area contributed by atoms with Gasteiger partial charge in [0.25, 0.3) is 5.91 Å². The molecule has 0 unspecified atom stereocenters. The van der Waals surface area contributed by atoms with E-state index in [1.54, 1.807) is 7.05 Å². The molecular weight excluding hydrogens is 236 g/mol. The third-order valence-corrected chi connectivity index (χ3v) is 3.12. The van der Waals surface area contributed by atoms with Crippen LogP contribution in [0, 0.1) is 6.92 Å². The van der Waals surface area contributed by atoms with E-state index in [1.165, 1.54) is 11.1 Å². The van der Waals surface area contributed by atoms with Crippen LogP contribution in [0.1, 0.15) is 21.5 Å². The van der Waals surface area contributed by atoms with Crippen molar-refractivity contribution < 1.29 is 4.79 Å². The van der Waals surface area contributed by atoms with Crippen molar-refractivity contribution in [3.8, 4) is 0 Å². The van der Waals surface area contributed by atoms with E-state index in [1.807, 2.05) is 36.4 Å². The van der Waals surface area contributed by atoms with Crippen LogP contribution in [-0.2, 0) is 6.54 Å². The van der Waals surface area contributed by atoms with E-state index in [-0.39, 0.29) is 5.91 Å². The van der Waals surface area contributed by atoms with Gasteiger partial charge in [0.05, 0.1) is 0 Å². The van der Waals surface area contributed by atoms with Gasteiger partial charge in [-0.1, -0.05) is 24.3 Å². The summed E-state index contributed by atoms with van der Waals surface area (Å²) in [4.78, 5) is 11.4. The van der Waals surface area contributed by atoms with Crippen molar-refractivity contribution in [2.24, 2.45) is 0 Å². The molecule has 0 saturated carbocycles. The highest BCUT2D eigenvalue weighted by atomic mass is 16.1. The summed E-state index contributed by atoms with van der Waals surface area (Å²) in [6.07, 6.45) is 0. The molecule has 0 aliphatic carbocycles. The third-order valence-electron chi connectivity index (χ3n) is 3.12. The van der Waals surface area contributed by atoms with E-state index in [4.69, 9.17) is 0 Å². The van der Waals surface area contributed by atoms with Crippen LogP contribution < -0.4 is 10.6 Å². The number of benzene rings is 2. The van der Waals surface area contributed by atoms with Gasteiger partial charge in [0.15, 0.2) is 0 Å². The number of carbonyl (C=O) groups excluding carboxylic acids is 1. The third kappa shape index (κ3) is 3.35. The Morgan fingerprint density at radius 3 is 2.37 bits per heavy atom. The fourth-order valence-corrected chi connectivity index (χ4v) is 1.89. The molecule has 0 aliphatic heterocycles. The lowest BCUT2D eigenvalue weighted by Crippen LogP contribution is -2.17. The second-order valence-corrected chi connectivity index (χ2v) is 4.44. The molecule has 2 rings (SSSR count). The molecule has 0 fully saturated rings. The highest BCUT2D eigenvalue weighted by molar-refractivity contribution is 5.94. The zero-order chi connectivity index (χ0) is 13.7. The van der Waals surface area contributed by atoms with Gasteiger partial charge in [-0.15, -0.1) is 0 Å². The van der Waals surface area contributed by atoms with Crippen molar-refractivity contribution in [1.82, 2.24) is 5.32 Å². The molecule has 1 amide bonds. The highest BCUT2D eigenvalue weighted by Gasteiger charge is 2.02. The van der Waals surface area contributed by atoms with Gasteiger partial charge in [-0.05, 0) is 42.3 Å². The van der Waals surface area contributed by atoms with Gasteiger partial charge in [0.1, 0.15) is 0 Å². The number of nitrogens with one attached hydrogen (secondary N) is 2. The summed E-state index contributed by atoms with van der Waals surface area (Å²) in [5, 5.41) is 5.96. The SMILES string of the molecule is CNC(=O)c1ccc(NCc2ccccc2C)cc1. The lowest BCUT2D eigenvalue weighted by molar-refractivity contribution is 0.0963. The van der Waals surface area contributed by atoms with E-state index in [9.17, 15) is 4.79 Å². The van der Waals surface area contributed by atoms with Crippen LogP contribution >= 0.6 is 0 Å². The summed E-state index contributed by atoms with van der Waals surface area (Å²) in [6, 6.07) is 15.8. The minimum absolute atomic E-state index is 0.0644. The average Bonchev–Trinajstić information content (AvgIpc) is 2.46. The molecule has 0 bridgehead atoms. The van der Waals surface area contributed by atoms with Gasteiger partial charge in [-0.25, -0.2) is 0 Å². The Morgan fingerprint density at radius 2 is 1.74 bits per heavy atom. The lowest BCUT2D eigenvalue weighted by atomic mass is 10.1. The van der Waals surface area contributed by atoms with Crippen LogP contribution in [0.2, 0.25) is 0 Å². The Balaban J connectivity index is 2.01. The van der Waals surface area contributed by atoms with Gasteiger partial charge < -0.3 is 10.6 Å². The molecule has 0 radical (unpaired) electrons. The van der Waals surface area contributed by atoms with Crippen LogP contribution in [0.4, 0.5) is 5.69 Å². The van der Waals surface area contributed by atoms with Gasteiger partial charge in [-0.2, -0.15) is 0 Å². The summed E-state index contributed by atoms with van der Waals surface area (Å²) < 4.78 is 0. The standard InChI is InChI=1S/C16H18N2O/c1-12-5-3-4-6-14(12)11-18-15-9-7-13(8-10-15)16(19)17-2/h3-10,18H,11H2,1-2H3,(H,17,19). The molecule has 0 atom stereocenters. The highest BCUT2D eigenvalue weighted by Crippen LogP contribution is 2.13. The lowest BCUT2D eigenvalue weighted by Gasteiger charge is -2.09. The zero-order valence-corrected chi connectivity index (χ0v) is 11.2. The molecule has 3 nitrogen and oxygen atoms in total. The zero-order valence-electron chi connectivity index (χ0n) is 11.2. The van der Waals surface area contributed by atoms with Crippen LogP contribution in [0.5, 0.6) is 0 Å². The molecule has 2 N–H and O–H groups in total. The largest absolute Gasteiger partial charge is 0.381 e. The normalized spacial score (nSPS) is 10.0. The van der Waals surface area contributed by atoms with E-state index in [2.05, 4.69) is 29.7 Å². The molecule has 2 aromatic carbocycles. The van der Waals surface area contributed by atoms with Crippen LogP contribution in [0.3, 0.4) is 0 Å². The van der Waals surface area contributed by atoms with E-state index in [0.717, 1.165) is 12.2 Å². The van der Waals surface area contributed by atoms with Gasteiger partial charge in [-0.3, -0.25) is 4.79 Å². The molecule has 2 aromatic rings. The first kappa shape index (κ1) is 13.1. The summed E-state index contributed by atoms with van der Waals surface area (Å²) in [7, 11) is 1.63. The molecule has 0 aliphatic rings. The molecule has 19 heavy (non-hydrogen) atoms. The molecule has 0 spiro atoms. The molecule has 3 heteroatoms. The maximum Gasteiger partial charge on any atom is 0.251 e. The summed E-state index contributed by atoms with van der Waals surface area (Å²) in [5.74, 6) is -0.0644. The monoisotopic (exact) mass is 254 g/mol. The van der Waals surface area contributed by atoms with Crippen molar-refractivity contribution in [3.63, 3.8) is 0 Å². The Morgan fingerprint density at radius 1 is 1.05 bits per heavy atom. The molecule has 98 valence electrons. The first-order chi connectivity index (χ1) is 9.20. The first-order valence-electron chi connectivity index (χ1n) is 6.31. The fraction of sp³-hybridized carbons (Fsp3) is 0.188. The maximum atomic E-state index is 11.4. The number of amides is 1. The van der Waals surface area contributed by atoms with E-state index in [0.29, 0.717) is 5.56 Å². The topological polar surface area (TPSA) is 41.1 Å². The second-order valence-electron chi connectivity index (χ2n) is 4.44. The van der Waals surface area contributed by atoms with Crippen LogP contribution in [0.15, 0.2) is 48.5 Å². The summed E-state index contributed by atoms with van der Waals surface area (Å²) in [5.41, 5.74) is 4.23. The minimum atomic E-state index is -0.0644. The predicted octanol–water partition coefficient (Wildman–Crippen LogP) is 2.97. The van der Waals surface area contributed by atoms with E-state index >= 15 is 0 Å². The number of rotatable bonds is 4. The fourth-order valence-electron chi connectivity index (χ4n) is 1.89. The second kappa shape index (κ2) is 6.05. The quantitative estimate of drug-likeness (QED) is 0.880. The predicted molar refractivity (Wildman–Crippen MR) is 78.3 cm³/mol. The number of hydrogen-bond acceptors (Lipinski definition) is 2. The van der Waals surface area contributed by atoms with Crippen LogP contribution in [0.25, 0.3) is 0 Å². The molecule has 0 saturated heterocycles. The van der Waals surface area contributed by atoms with Gasteiger partial charge in [0.2, 0.25) is 0 Å². The van der Waals surface area contributed by atoms with Crippen molar-refractivity contribution in [3.05, 3.63) is 65.2 Å². The number of anilines is 1. The van der Waals surface area contributed by atoms with E-state index < -0.39 is 0 Å². The number of carbonyl (C=O) groups is 1. The molecular formula is C16H18N2O. The number of aryl methyl sites for hydroxylation is 1. The first-order valence-corrected chi connectivity index (χ1v) is 6.31. The van der Waals surface area contributed by atoms with Crippen LogP contribution in [-0.4, -0.2) is 13.0 Å². The van der Waals surface area contributed by atoms with Gasteiger partial charge >= 0.3 is 0 Å². The van der Waals surface area contributed by atoms with Crippen molar-refractivity contribution in [1.29, 1.82) is 0 Å². The van der Waals surface area contributed by atoms with Gasteiger partial charge in [0, 0.05) is 24.8 Å². The number of hydrogen-bond donors (Lipinski definition) is 2. The minimum Gasteiger partial charge on any atom is -0.381 e. The average molecular weight is 254 g/mol.